The van der Waals surface area contributed by atoms with Crippen LogP contribution in [0.2, 0.25) is 0 Å². The third-order valence-corrected chi connectivity index (χ3v) is 5.05. The molecule has 0 bridgehead atoms. The first-order chi connectivity index (χ1) is 12.2. The van der Waals surface area contributed by atoms with Crippen LogP contribution in [0.15, 0.2) is 60.9 Å². The van der Waals surface area contributed by atoms with Crippen molar-refractivity contribution in [1.82, 2.24) is 14.9 Å². The van der Waals surface area contributed by atoms with Crippen LogP contribution < -0.4 is 0 Å². The minimum Gasteiger partial charge on any atom is -0.395 e. The van der Waals surface area contributed by atoms with Crippen LogP contribution in [0.25, 0.3) is 11.0 Å². The summed E-state index contributed by atoms with van der Waals surface area (Å²) < 4.78 is 0. The number of benzene rings is 2. The second-order valence-electron chi connectivity index (χ2n) is 6.54. The van der Waals surface area contributed by atoms with E-state index in [0.29, 0.717) is 24.2 Å². The Kier molecular flexibility index (Phi) is 3.93. The number of carbonyl (C=O) groups excluding carboxylic acids is 1. The molecule has 0 spiro atoms. The zero-order valence-corrected chi connectivity index (χ0v) is 13.8. The molecular weight excluding hydrogens is 314 g/mol. The highest BCUT2D eigenvalue weighted by molar-refractivity contribution is 5.97. The summed E-state index contributed by atoms with van der Waals surface area (Å²) in [6.45, 7) is 1.18. The van der Waals surface area contributed by atoms with E-state index in [9.17, 15) is 9.90 Å². The summed E-state index contributed by atoms with van der Waals surface area (Å²) in [6.07, 6.45) is 4.02. The maximum absolute atomic E-state index is 12.9. The van der Waals surface area contributed by atoms with Crippen LogP contribution >= 0.6 is 0 Å². The van der Waals surface area contributed by atoms with Crippen molar-refractivity contribution in [3.8, 4) is 0 Å². The lowest BCUT2D eigenvalue weighted by molar-refractivity contribution is 0.0774. The minimum atomic E-state index is -0.381. The van der Waals surface area contributed by atoms with Gasteiger partial charge in [0.25, 0.3) is 5.91 Å². The van der Waals surface area contributed by atoms with Crippen molar-refractivity contribution in [3.05, 3.63) is 72.1 Å². The summed E-state index contributed by atoms with van der Waals surface area (Å²) in [7, 11) is 0. The van der Waals surface area contributed by atoms with Crippen molar-refractivity contribution in [2.45, 2.75) is 11.8 Å². The molecule has 2 aromatic carbocycles. The smallest absolute Gasteiger partial charge is 0.253 e. The summed E-state index contributed by atoms with van der Waals surface area (Å²) in [5.74, 6) is -0.0289. The van der Waals surface area contributed by atoms with Gasteiger partial charge in [-0.2, -0.15) is 0 Å². The van der Waals surface area contributed by atoms with Gasteiger partial charge in [0.2, 0.25) is 0 Å². The predicted octanol–water partition coefficient (Wildman–Crippen LogP) is 2.41. The van der Waals surface area contributed by atoms with Crippen LogP contribution in [0.5, 0.6) is 0 Å². The van der Waals surface area contributed by atoms with Crippen molar-refractivity contribution in [2.75, 3.05) is 19.7 Å². The van der Waals surface area contributed by atoms with Crippen molar-refractivity contribution >= 4 is 16.9 Å². The number of likely N-dealkylation sites (tertiary alicyclic amines) is 1. The molecule has 1 unspecified atom stereocenters. The Morgan fingerprint density at radius 1 is 1.08 bits per heavy atom. The normalized spacial score (nSPS) is 20.1. The number of aromatic nitrogens is 2. The van der Waals surface area contributed by atoms with Crippen LogP contribution in [-0.4, -0.2) is 45.6 Å². The lowest BCUT2D eigenvalue weighted by Gasteiger charge is -2.27. The average molecular weight is 333 g/mol. The molecule has 0 aliphatic carbocycles. The van der Waals surface area contributed by atoms with Crippen molar-refractivity contribution in [3.63, 3.8) is 0 Å². The third-order valence-electron chi connectivity index (χ3n) is 5.05. The van der Waals surface area contributed by atoms with Crippen LogP contribution in [0.3, 0.4) is 0 Å². The van der Waals surface area contributed by atoms with Gasteiger partial charge in [-0.1, -0.05) is 30.3 Å². The molecule has 1 aliphatic heterocycles. The fourth-order valence-corrected chi connectivity index (χ4v) is 3.57. The van der Waals surface area contributed by atoms with Gasteiger partial charge in [-0.3, -0.25) is 14.8 Å². The van der Waals surface area contributed by atoms with Gasteiger partial charge >= 0.3 is 0 Å². The highest BCUT2D eigenvalue weighted by Crippen LogP contribution is 2.34. The van der Waals surface area contributed by atoms with E-state index in [1.54, 1.807) is 24.5 Å². The Labute approximate surface area is 146 Å². The number of fused-ring (bicyclic) bond motifs is 1. The fourth-order valence-electron chi connectivity index (χ4n) is 3.57. The molecule has 1 N–H and O–H groups in total. The first kappa shape index (κ1) is 15.7. The lowest BCUT2D eigenvalue weighted by atomic mass is 9.80. The molecule has 25 heavy (non-hydrogen) atoms. The maximum Gasteiger partial charge on any atom is 0.253 e. The van der Waals surface area contributed by atoms with Crippen molar-refractivity contribution in [2.24, 2.45) is 0 Å². The van der Waals surface area contributed by atoms with Crippen molar-refractivity contribution < 1.29 is 9.90 Å². The predicted molar refractivity (Wildman–Crippen MR) is 95.3 cm³/mol. The highest BCUT2D eigenvalue weighted by atomic mass is 16.3. The molecule has 2 heterocycles. The molecule has 1 aromatic heterocycles. The number of rotatable bonds is 3. The zero-order chi connectivity index (χ0) is 17.3. The number of amides is 1. The number of carbonyl (C=O) groups is 1. The molecule has 0 saturated carbocycles. The maximum atomic E-state index is 12.9. The van der Waals surface area contributed by atoms with E-state index in [0.717, 1.165) is 17.5 Å². The first-order valence-corrected chi connectivity index (χ1v) is 8.38. The van der Waals surface area contributed by atoms with E-state index in [1.807, 2.05) is 41.3 Å². The summed E-state index contributed by atoms with van der Waals surface area (Å²) in [4.78, 5) is 23.2. The lowest BCUT2D eigenvalue weighted by Crippen LogP contribution is -2.37. The van der Waals surface area contributed by atoms with Gasteiger partial charge in [0, 0.05) is 36.5 Å². The van der Waals surface area contributed by atoms with Gasteiger partial charge in [0.05, 0.1) is 17.6 Å². The summed E-state index contributed by atoms with van der Waals surface area (Å²) in [5, 5.41) is 10.0. The van der Waals surface area contributed by atoms with Gasteiger partial charge in [0.15, 0.2) is 0 Å². The van der Waals surface area contributed by atoms with E-state index in [-0.39, 0.29) is 17.9 Å². The third kappa shape index (κ3) is 2.76. The number of aliphatic hydroxyl groups excluding tert-OH is 1. The Bertz CT molecular complexity index is 913. The van der Waals surface area contributed by atoms with E-state index >= 15 is 0 Å². The van der Waals surface area contributed by atoms with Crippen LogP contribution in [0.4, 0.5) is 0 Å². The van der Waals surface area contributed by atoms with E-state index in [4.69, 9.17) is 0 Å². The Hall–Kier alpha value is -2.79. The second kappa shape index (κ2) is 6.26. The summed E-state index contributed by atoms with van der Waals surface area (Å²) >= 11 is 0. The summed E-state index contributed by atoms with van der Waals surface area (Å²) in [6, 6.07) is 15.3. The zero-order valence-electron chi connectivity index (χ0n) is 13.8. The van der Waals surface area contributed by atoms with Gasteiger partial charge in [-0.05, 0) is 30.2 Å². The Balaban J connectivity index is 1.61. The fraction of sp³-hybridized carbons (Fsp3) is 0.250. The van der Waals surface area contributed by atoms with E-state index in [1.165, 1.54) is 0 Å². The molecule has 1 amide bonds. The topological polar surface area (TPSA) is 66.3 Å². The molecule has 0 radical (unpaired) electrons. The molecule has 1 fully saturated rings. The SMILES string of the molecule is O=C(c1ccc2nccnc2c1)N1CCC(CO)(c2ccccc2)C1. The van der Waals surface area contributed by atoms with Gasteiger partial charge in [-0.25, -0.2) is 0 Å². The molecule has 1 aliphatic rings. The van der Waals surface area contributed by atoms with Crippen LogP contribution in [0, 0.1) is 0 Å². The highest BCUT2D eigenvalue weighted by Gasteiger charge is 2.41. The Morgan fingerprint density at radius 3 is 2.60 bits per heavy atom. The molecule has 3 aromatic rings. The standard InChI is InChI=1S/C20H19N3O2/c24-14-20(16-4-2-1-3-5-16)8-11-23(13-20)19(25)15-6-7-17-18(12-15)22-10-9-21-17/h1-7,9-10,12,24H,8,11,13-14H2. The number of aliphatic hydroxyl groups is 1. The molecule has 5 heteroatoms. The second-order valence-corrected chi connectivity index (χ2v) is 6.54. The van der Waals surface area contributed by atoms with Crippen LogP contribution in [0.1, 0.15) is 22.3 Å². The average Bonchev–Trinajstić information content (AvgIpc) is 3.13. The monoisotopic (exact) mass is 333 g/mol. The van der Waals surface area contributed by atoms with E-state index in [2.05, 4.69) is 9.97 Å². The van der Waals surface area contributed by atoms with Crippen LogP contribution in [-0.2, 0) is 5.41 Å². The van der Waals surface area contributed by atoms with E-state index < -0.39 is 0 Å². The molecular formula is C20H19N3O2. The molecule has 5 nitrogen and oxygen atoms in total. The molecule has 4 rings (SSSR count). The summed E-state index contributed by atoms with van der Waals surface area (Å²) in [5.41, 5.74) is 2.79. The first-order valence-electron chi connectivity index (χ1n) is 8.38. The van der Waals surface area contributed by atoms with Gasteiger partial charge in [0.1, 0.15) is 0 Å². The van der Waals surface area contributed by atoms with Gasteiger partial charge in [-0.15, -0.1) is 0 Å². The number of hydrogen-bond donors (Lipinski definition) is 1. The molecule has 1 atom stereocenters. The minimum absolute atomic E-state index is 0.0289. The number of nitrogens with zero attached hydrogens (tertiary/aromatic N) is 3. The van der Waals surface area contributed by atoms with Crippen molar-refractivity contribution in [1.29, 1.82) is 0 Å². The molecule has 126 valence electrons. The number of hydrogen-bond acceptors (Lipinski definition) is 4. The quantitative estimate of drug-likeness (QED) is 0.799. The van der Waals surface area contributed by atoms with Gasteiger partial charge < -0.3 is 10.0 Å². The largest absolute Gasteiger partial charge is 0.395 e. The molecule has 1 saturated heterocycles. The Morgan fingerprint density at radius 2 is 1.84 bits per heavy atom.